The van der Waals surface area contributed by atoms with E-state index in [0.29, 0.717) is 26.2 Å². The highest BCUT2D eigenvalue weighted by Crippen LogP contribution is 2.31. The van der Waals surface area contributed by atoms with Crippen LogP contribution in [0.15, 0.2) is 48.5 Å². The number of hydrogen-bond donors (Lipinski definition) is 0. The van der Waals surface area contributed by atoms with Crippen LogP contribution in [0, 0.1) is 0 Å². The van der Waals surface area contributed by atoms with E-state index >= 15 is 0 Å². The van der Waals surface area contributed by atoms with Gasteiger partial charge in [-0.25, -0.2) is 0 Å². The van der Waals surface area contributed by atoms with Crippen molar-refractivity contribution in [3.63, 3.8) is 0 Å². The lowest BCUT2D eigenvalue weighted by atomic mass is 10.2. The average molecular weight is 394 g/mol. The van der Waals surface area contributed by atoms with E-state index in [9.17, 15) is 18.0 Å². The van der Waals surface area contributed by atoms with Gasteiger partial charge in [0.2, 0.25) is 0 Å². The van der Waals surface area contributed by atoms with Crippen LogP contribution in [-0.4, -0.2) is 50.7 Å². The van der Waals surface area contributed by atoms with Crippen LogP contribution in [0.3, 0.4) is 0 Å². The lowest BCUT2D eigenvalue weighted by Crippen LogP contribution is -2.50. The number of alkyl halides is 3. The second-order valence-electron chi connectivity index (χ2n) is 6.38. The van der Waals surface area contributed by atoms with Crippen molar-refractivity contribution < 1.29 is 27.4 Å². The number of methoxy groups -OCH3 is 1. The molecule has 150 valence electrons. The largest absolute Gasteiger partial charge is 0.497 e. The van der Waals surface area contributed by atoms with Gasteiger partial charge in [0, 0.05) is 31.9 Å². The number of piperazine rings is 1. The monoisotopic (exact) mass is 394 g/mol. The molecular formula is C20H21F3N2O3. The normalized spacial score (nSPS) is 14.7. The van der Waals surface area contributed by atoms with Gasteiger partial charge in [0.25, 0.3) is 5.91 Å². The Labute approximate surface area is 161 Å². The van der Waals surface area contributed by atoms with Crippen LogP contribution in [-0.2, 0) is 11.0 Å². The second-order valence-corrected chi connectivity index (χ2v) is 6.38. The van der Waals surface area contributed by atoms with Crippen LogP contribution in [0.2, 0.25) is 0 Å². The van der Waals surface area contributed by atoms with Crippen LogP contribution >= 0.6 is 0 Å². The molecule has 0 N–H and O–H groups in total. The molecule has 1 heterocycles. The zero-order valence-electron chi connectivity index (χ0n) is 15.4. The minimum Gasteiger partial charge on any atom is -0.497 e. The van der Waals surface area contributed by atoms with Crippen molar-refractivity contribution >= 4 is 11.6 Å². The van der Waals surface area contributed by atoms with E-state index in [1.165, 1.54) is 12.1 Å². The van der Waals surface area contributed by atoms with Gasteiger partial charge in [0.1, 0.15) is 11.5 Å². The lowest BCUT2D eigenvalue weighted by Gasteiger charge is -2.36. The topological polar surface area (TPSA) is 42.0 Å². The Bertz CT molecular complexity index is 801. The number of nitrogens with zero attached hydrogens (tertiary/aromatic N) is 2. The summed E-state index contributed by atoms with van der Waals surface area (Å²) in [4.78, 5) is 16.1. The quantitative estimate of drug-likeness (QED) is 0.779. The molecule has 0 radical (unpaired) electrons. The molecule has 0 bridgehead atoms. The molecule has 28 heavy (non-hydrogen) atoms. The molecule has 1 aliphatic heterocycles. The van der Waals surface area contributed by atoms with Crippen molar-refractivity contribution in [1.82, 2.24) is 4.90 Å². The molecule has 1 fully saturated rings. The maximum Gasteiger partial charge on any atom is 0.416 e. The summed E-state index contributed by atoms with van der Waals surface area (Å²) in [6.07, 6.45) is -4.44. The highest BCUT2D eigenvalue weighted by molar-refractivity contribution is 5.78. The molecule has 1 aliphatic rings. The smallest absolute Gasteiger partial charge is 0.416 e. The fourth-order valence-electron chi connectivity index (χ4n) is 3.01. The van der Waals surface area contributed by atoms with E-state index in [4.69, 9.17) is 9.47 Å². The van der Waals surface area contributed by atoms with Gasteiger partial charge in [0.15, 0.2) is 6.61 Å². The Balaban J connectivity index is 1.50. The standard InChI is InChI=1S/C20H21F3N2O3/c1-27-17-7-5-16(6-8-17)24-9-11-25(12-10-24)19(26)14-28-18-4-2-3-15(13-18)20(21,22)23/h2-8,13H,9-12,14H2,1H3. The van der Waals surface area contributed by atoms with Gasteiger partial charge in [-0.2, -0.15) is 13.2 Å². The Kier molecular flexibility index (Phi) is 5.96. The Hall–Kier alpha value is -2.90. The van der Waals surface area contributed by atoms with Crippen molar-refractivity contribution in [2.24, 2.45) is 0 Å². The van der Waals surface area contributed by atoms with Crippen molar-refractivity contribution in [3.05, 3.63) is 54.1 Å². The first-order valence-corrected chi connectivity index (χ1v) is 8.83. The van der Waals surface area contributed by atoms with E-state index in [0.717, 1.165) is 23.6 Å². The SMILES string of the molecule is COc1ccc(N2CCN(C(=O)COc3cccc(C(F)(F)F)c3)CC2)cc1. The predicted molar refractivity (Wildman–Crippen MR) is 98.7 cm³/mol. The summed E-state index contributed by atoms with van der Waals surface area (Å²) in [6, 6.07) is 12.2. The van der Waals surface area contributed by atoms with Gasteiger partial charge < -0.3 is 19.3 Å². The summed E-state index contributed by atoms with van der Waals surface area (Å²) in [5.41, 5.74) is 0.249. The van der Waals surface area contributed by atoms with Gasteiger partial charge in [-0.3, -0.25) is 4.79 Å². The maximum atomic E-state index is 12.7. The van der Waals surface area contributed by atoms with Crippen molar-refractivity contribution in [2.75, 3.05) is 44.8 Å². The van der Waals surface area contributed by atoms with Gasteiger partial charge in [-0.05, 0) is 42.5 Å². The molecule has 0 atom stereocenters. The van der Waals surface area contributed by atoms with E-state index in [1.807, 2.05) is 24.3 Å². The van der Waals surface area contributed by atoms with Crippen LogP contribution in [0.1, 0.15) is 5.56 Å². The molecule has 2 aromatic carbocycles. The average Bonchev–Trinajstić information content (AvgIpc) is 2.72. The van der Waals surface area contributed by atoms with Gasteiger partial charge in [-0.15, -0.1) is 0 Å². The molecule has 0 aromatic heterocycles. The number of amides is 1. The summed E-state index contributed by atoms with van der Waals surface area (Å²) >= 11 is 0. The first-order chi connectivity index (χ1) is 13.4. The molecule has 1 saturated heterocycles. The summed E-state index contributed by atoms with van der Waals surface area (Å²) in [7, 11) is 1.61. The van der Waals surface area contributed by atoms with E-state index in [2.05, 4.69) is 4.90 Å². The molecule has 0 unspecified atom stereocenters. The zero-order chi connectivity index (χ0) is 20.1. The third-order valence-electron chi connectivity index (χ3n) is 4.59. The summed E-state index contributed by atoms with van der Waals surface area (Å²) < 4.78 is 48.6. The van der Waals surface area contributed by atoms with Gasteiger partial charge >= 0.3 is 6.18 Å². The molecule has 0 spiro atoms. The third-order valence-corrected chi connectivity index (χ3v) is 4.59. The van der Waals surface area contributed by atoms with Crippen molar-refractivity contribution in [2.45, 2.75) is 6.18 Å². The number of carbonyl (C=O) groups is 1. The first kappa shape index (κ1) is 19.9. The highest BCUT2D eigenvalue weighted by Gasteiger charge is 2.30. The Morgan fingerprint density at radius 3 is 2.29 bits per heavy atom. The van der Waals surface area contributed by atoms with E-state index < -0.39 is 11.7 Å². The van der Waals surface area contributed by atoms with Crippen LogP contribution in [0.4, 0.5) is 18.9 Å². The number of carbonyl (C=O) groups excluding carboxylic acids is 1. The third kappa shape index (κ3) is 4.88. The van der Waals surface area contributed by atoms with E-state index in [1.54, 1.807) is 12.0 Å². The number of rotatable bonds is 5. The summed E-state index contributed by atoms with van der Waals surface area (Å²) in [6.45, 7) is 2.10. The highest BCUT2D eigenvalue weighted by atomic mass is 19.4. The summed E-state index contributed by atoms with van der Waals surface area (Å²) in [5, 5.41) is 0. The van der Waals surface area contributed by atoms with Gasteiger partial charge in [-0.1, -0.05) is 6.07 Å². The Morgan fingerprint density at radius 1 is 1.00 bits per heavy atom. The van der Waals surface area contributed by atoms with Crippen LogP contribution in [0.25, 0.3) is 0 Å². The van der Waals surface area contributed by atoms with E-state index in [-0.39, 0.29) is 18.3 Å². The number of hydrogen-bond acceptors (Lipinski definition) is 4. The number of ether oxygens (including phenoxy) is 2. The fraction of sp³-hybridized carbons (Fsp3) is 0.350. The minimum absolute atomic E-state index is 0.0278. The second kappa shape index (κ2) is 8.41. The summed E-state index contributed by atoms with van der Waals surface area (Å²) in [5.74, 6) is 0.566. The molecular weight excluding hydrogens is 373 g/mol. The van der Waals surface area contributed by atoms with Crippen LogP contribution in [0.5, 0.6) is 11.5 Å². The fourth-order valence-corrected chi connectivity index (χ4v) is 3.01. The van der Waals surface area contributed by atoms with Crippen LogP contribution < -0.4 is 14.4 Å². The minimum atomic E-state index is -4.44. The molecule has 8 heteroatoms. The molecule has 2 aromatic rings. The van der Waals surface area contributed by atoms with Crippen molar-refractivity contribution in [1.29, 1.82) is 0 Å². The first-order valence-electron chi connectivity index (χ1n) is 8.83. The van der Waals surface area contributed by atoms with Gasteiger partial charge in [0.05, 0.1) is 12.7 Å². The molecule has 0 aliphatic carbocycles. The molecule has 0 saturated carbocycles. The number of halogens is 3. The molecule has 3 rings (SSSR count). The molecule has 1 amide bonds. The Morgan fingerprint density at radius 2 is 1.68 bits per heavy atom. The lowest BCUT2D eigenvalue weighted by molar-refractivity contribution is -0.137. The number of benzene rings is 2. The predicted octanol–water partition coefficient (Wildman–Crippen LogP) is 3.44. The van der Waals surface area contributed by atoms with Crippen molar-refractivity contribution in [3.8, 4) is 11.5 Å². The molecule has 5 nitrogen and oxygen atoms in total. The number of anilines is 1. The maximum absolute atomic E-state index is 12.7. The zero-order valence-corrected chi connectivity index (χ0v) is 15.4.